The van der Waals surface area contributed by atoms with Crippen molar-refractivity contribution in [1.82, 2.24) is 9.97 Å². The number of benzene rings is 10. The minimum absolute atomic E-state index is 1.14. The molecule has 58 heavy (non-hydrogen) atoms. The molecule has 2 aliphatic carbocycles. The van der Waals surface area contributed by atoms with E-state index in [1.807, 2.05) is 12.4 Å². The summed E-state index contributed by atoms with van der Waals surface area (Å²) in [4.78, 5) is 9.68. The molecule has 2 heterocycles. The van der Waals surface area contributed by atoms with Crippen LogP contribution in [0.25, 0.3) is 142 Å². The van der Waals surface area contributed by atoms with Gasteiger partial charge in [0, 0.05) is 46.7 Å². The van der Waals surface area contributed by atoms with Crippen LogP contribution in [0, 0.1) is 0 Å². The molecular weight excluding hydrogens is 701 g/mol. The van der Waals surface area contributed by atoms with Crippen LogP contribution in [0.5, 0.6) is 0 Å². The van der Waals surface area contributed by atoms with Gasteiger partial charge in [-0.05, 0) is 157 Å². The van der Waals surface area contributed by atoms with Crippen LogP contribution in [-0.4, -0.2) is 9.97 Å². The Morgan fingerprint density at radius 1 is 0.207 bits per heavy atom. The molecule has 0 N–H and O–H groups in total. The van der Waals surface area contributed by atoms with Crippen molar-refractivity contribution < 1.29 is 0 Å². The maximum absolute atomic E-state index is 4.84. The van der Waals surface area contributed by atoms with Crippen LogP contribution in [0.15, 0.2) is 183 Å². The first-order valence-corrected chi connectivity index (χ1v) is 20.0. The number of rotatable bonds is 2. The summed E-state index contributed by atoms with van der Waals surface area (Å²) in [6, 6.07) is 59.1. The maximum Gasteiger partial charge on any atom is 0.0353 e. The largest absolute Gasteiger partial charge is 0.263 e. The lowest BCUT2D eigenvalue weighted by atomic mass is 9.84. The van der Waals surface area contributed by atoms with Crippen molar-refractivity contribution in [3.63, 3.8) is 0 Å². The number of pyridine rings is 2. The van der Waals surface area contributed by atoms with Gasteiger partial charge in [0.2, 0.25) is 0 Å². The van der Waals surface area contributed by atoms with E-state index in [2.05, 4.69) is 170 Å². The van der Waals surface area contributed by atoms with E-state index in [0.717, 1.165) is 21.9 Å². The maximum atomic E-state index is 4.84. The normalized spacial score (nSPS) is 12.5. The van der Waals surface area contributed by atoms with Crippen molar-refractivity contribution in [2.45, 2.75) is 0 Å². The number of aromatic nitrogens is 2. The Bertz CT molecular complexity index is 3580. The molecule has 0 bridgehead atoms. The number of hydrogen-bond acceptors (Lipinski definition) is 2. The summed E-state index contributed by atoms with van der Waals surface area (Å²) in [6.07, 6.45) is 8.11. The Hall–Kier alpha value is -7.68. The lowest BCUT2D eigenvalue weighted by Gasteiger charge is -2.19. The predicted molar refractivity (Wildman–Crippen MR) is 244 cm³/mol. The van der Waals surface area contributed by atoms with Crippen LogP contribution in [0.4, 0.5) is 0 Å². The fourth-order valence-electron chi connectivity index (χ4n) is 10.7. The molecule has 0 amide bonds. The molecule has 2 aromatic heterocycles. The molecule has 0 atom stereocenters. The monoisotopic (exact) mass is 730 g/mol. The van der Waals surface area contributed by atoms with Crippen LogP contribution in [0.3, 0.4) is 0 Å². The molecule has 10 aromatic carbocycles. The summed E-state index contributed by atoms with van der Waals surface area (Å²) in [5.41, 5.74) is 15.1. The summed E-state index contributed by atoms with van der Waals surface area (Å²) >= 11 is 0. The third kappa shape index (κ3) is 3.91. The minimum Gasteiger partial charge on any atom is -0.263 e. The van der Waals surface area contributed by atoms with E-state index in [4.69, 9.17) is 9.97 Å². The minimum atomic E-state index is 1.14. The fourth-order valence-corrected chi connectivity index (χ4v) is 10.7. The van der Waals surface area contributed by atoms with Gasteiger partial charge in [-0.25, -0.2) is 0 Å². The van der Waals surface area contributed by atoms with Gasteiger partial charge in [-0.3, -0.25) is 9.97 Å². The zero-order valence-electron chi connectivity index (χ0n) is 31.2. The fraction of sp³-hybridized carbons (Fsp3) is 0. The molecule has 2 aliphatic rings. The second-order valence-electron chi connectivity index (χ2n) is 16.1. The molecule has 264 valence electrons. The summed E-state index contributed by atoms with van der Waals surface area (Å²) in [5, 5.41) is 17.3. The van der Waals surface area contributed by atoms with Crippen LogP contribution in [0.1, 0.15) is 0 Å². The molecule has 14 rings (SSSR count). The highest BCUT2D eigenvalue weighted by Gasteiger charge is 2.27. The Morgan fingerprint density at radius 2 is 0.534 bits per heavy atom. The Labute approximate surface area is 333 Å². The highest BCUT2D eigenvalue weighted by molar-refractivity contribution is 6.30. The summed E-state index contributed by atoms with van der Waals surface area (Å²) < 4.78 is 0. The number of hydrogen-bond donors (Lipinski definition) is 0. The molecule has 2 heteroatoms. The van der Waals surface area contributed by atoms with Crippen LogP contribution in [0.2, 0.25) is 0 Å². The van der Waals surface area contributed by atoms with Gasteiger partial charge in [0.15, 0.2) is 0 Å². The van der Waals surface area contributed by atoms with Crippen molar-refractivity contribution in [1.29, 1.82) is 0 Å². The number of nitrogens with zero attached hydrogens (tertiary/aromatic N) is 2. The molecular formula is C56H30N2. The molecule has 0 saturated carbocycles. The Kier molecular flexibility index (Phi) is 5.79. The van der Waals surface area contributed by atoms with Gasteiger partial charge >= 0.3 is 0 Å². The third-order valence-corrected chi connectivity index (χ3v) is 13.2. The van der Waals surface area contributed by atoms with Crippen molar-refractivity contribution >= 4 is 75.4 Å². The summed E-state index contributed by atoms with van der Waals surface area (Å²) in [7, 11) is 0. The Morgan fingerprint density at radius 3 is 0.948 bits per heavy atom. The first-order valence-electron chi connectivity index (χ1n) is 20.0. The lowest BCUT2D eigenvalue weighted by Crippen LogP contribution is -1.93. The van der Waals surface area contributed by atoms with Crippen LogP contribution < -0.4 is 0 Å². The smallest absolute Gasteiger partial charge is 0.0353 e. The average molecular weight is 731 g/mol. The molecule has 0 spiro atoms. The predicted octanol–water partition coefficient (Wildman–Crippen LogP) is 15.2. The molecule has 0 saturated heterocycles. The van der Waals surface area contributed by atoms with Crippen molar-refractivity contribution in [3.8, 4) is 66.8 Å². The van der Waals surface area contributed by atoms with E-state index < -0.39 is 0 Å². The molecule has 0 aliphatic heterocycles. The molecule has 12 aromatic rings. The second kappa shape index (κ2) is 11.0. The van der Waals surface area contributed by atoms with Crippen LogP contribution in [-0.2, 0) is 0 Å². The average Bonchev–Trinajstić information content (AvgIpc) is 3.77. The highest BCUT2D eigenvalue weighted by atomic mass is 14.6. The van der Waals surface area contributed by atoms with E-state index in [0.29, 0.717) is 0 Å². The Balaban J connectivity index is 1.20. The van der Waals surface area contributed by atoms with Gasteiger partial charge in [-0.2, -0.15) is 0 Å². The van der Waals surface area contributed by atoms with Crippen molar-refractivity contribution in [3.05, 3.63) is 183 Å². The third-order valence-electron chi connectivity index (χ3n) is 13.2. The van der Waals surface area contributed by atoms with Gasteiger partial charge in [0.1, 0.15) is 0 Å². The first-order chi connectivity index (χ1) is 28.8. The number of fused-ring (bicyclic) bond motifs is 13. The van der Waals surface area contributed by atoms with Crippen molar-refractivity contribution in [2.24, 2.45) is 0 Å². The van der Waals surface area contributed by atoms with Gasteiger partial charge in [-0.15, -0.1) is 0 Å². The van der Waals surface area contributed by atoms with Gasteiger partial charge in [0.25, 0.3) is 0 Å². The van der Waals surface area contributed by atoms with E-state index in [-0.39, 0.29) is 0 Å². The zero-order valence-corrected chi connectivity index (χ0v) is 31.2. The second-order valence-corrected chi connectivity index (χ2v) is 16.1. The SMILES string of the molecule is c1ccc2c(-c3cc4c5cc6c(cc5c(-c5cncc7ccccc57)cc4c4cc5c(cc34)-c3cccc4cccc-5c34)-c3cccc4cccc-6c34)cncc2c1. The van der Waals surface area contributed by atoms with E-state index in [9.17, 15) is 0 Å². The van der Waals surface area contributed by atoms with E-state index in [1.54, 1.807) is 0 Å². The quantitative estimate of drug-likeness (QED) is 0.166. The molecule has 0 unspecified atom stereocenters. The molecule has 0 radical (unpaired) electrons. The van der Waals surface area contributed by atoms with Crippen LogP contribution >= 0.6 is 0 Å². The lowest BCUT2D eigenvalue weighted by molar-refractivity contribution is 1.36. The van der Waals surface area contributed by atoms with E-state index >= 15 is 0 Å². The van der Waals surface area contributed by atoms with Crippen molar-refractivity contribution in [2.75, 3.05) is 0 Å². The molecule has 0 fully saturated rings. The van der Waals surface area contributed by atoms with E-state index in [1.165, 1.54) is 120 Å². The zero-order chi connectivity index (χ0) is 37.6. The van der Waals surface area contributed by atoms with Gasteiger partial charge in [0.05, 0.1) is 0 Å². The standard InChI is InChI=1S/C56H30N2/c1-3-15-35-33(9-1)27-57-29-53(35)51-25-47-46-22-42-38-18-6-12-32-14-8-20-40(56(32)38)44(42)24-50(46)52(54-30-58-28-34-10-2-4-16-36(34)54)26-48(47)45-21-41-37-17-5-11-31-13-7-19-39(55(31)37)43(41)23-49(45)51/h1-30H. The summed E-state index contributed by atoms with van der Waals surface area (Å²) in [6.45, 7) is 0. The van der Waals surface area contributed by atoms with Gasteiger partial charge in [-0.1, -0.05) is 121 Å². The first kappa shape index (κ1) is 30.5. The topological polar surface area (TPSA) is 25.8 Å². The molecule has 2 nitrogen and oxygen atoms in total. The summed E-state index contributed by atoms with van der Waals surface area (Å²) in [5.74, 6) is 0. The highest BCUT2D eigenvalue weighted by Crippen LogP contribution is 2.54. The van der Waals surface area contributed by atoms with Gasteiger partial charge < -0.3 is 0 Å².